The van der Waals surface area contributed by atoms with Crippen LogP contribution < -0.4 is 10.1 Å². The highest BCUT2D eigenvalue weighted by atomic mass is 16.5. The molecule has 1 aromatic carbocycles. The van der Waals surface area contributed by atoms with E-state index in [0.717, 1.165) is 25.8 Å². The zero-order valence-corrected chi connectivity index (χ0v) is 12.8. The molecule has 1 aliphatic carbocycles. The van der Waals surface area contributed by atoms with Gasteiger partial charge in [-0.2, -0.15) is 0 Å². The number of nitrogens with zero attached hydrogens (tertiary/aromatic N) is 1. The fourth-order valence-corrected chi connectivity index (χ4v) is 2.31. The van der Waals surface area contributed by atoms with Crippen LogP contribution in [0.25, 0.3) is 0 Å². The summed E-state index contributed by atoms with van der Waals surface area (Å²) in [4.78, 5) is 14.5. The van der Waals surface area contributed by atoms with E-state index in [1.54, 1.807) is 0 Å². The van der Waals surface area contributed by atoms with Gasteiger partial charge < -0.3 is 15.0 Å². The number of carbonyl (C=O) groups is 1. The van der Waals surface area contributed by atoms with E-state index >= 15 is 0 Å². The second kappa shape index (κ2) is 7.84. The van der Waals surface area contributed by atoms with Crippen molar-refractivity contribution in [3.05, 3.63) is 42.0 Å². The van der Waals surface area contributed by atoms with Crippen molar-refractivity contribution in [3.8, 4) is 5.75 Å². The van der Waals surface area contributed by atoms with Crippen molar-refractivity contribution in [3.63, 3.8) is 0 Å². The number of hydrogen-bond donors (Lipinski definition) is 1. The molecule has 0 aromatic heterocycles. The lowest BCUT2D eigenvalue weighted by molar-refractivity contribution is 0.0930. The van der Waals surface area contributed by atoms with Gasteiger partial charge in [-0.3, -0.25) is 4.79 Å². The maximum absolute atomic E-state index is 12.4. The molecule has 114 valence electrons. The number of amides is 1. The van der Waals surface area contributed by atoms with Gasteiger partial charge in [0.2, 0.25) is 0 Å². The van der Waals surface area contributed by atoms with Crippen molar-refractivity contribution in [2.24, 2.45) is 0 Å². The molecule has 0 saturated carbocycles. The minimum Gasteiger partial charge on any atom is -0.491 e. The van der Waals surface area contributed by atoms with E-state index in [4.69, 9.17) is 4.74 Å². The normalized spacial score (nSPS) is 17.8. The fraction of sp³-hybridized carbons (Fsp3) is 0.471. The van der Waals surface area contributed by atoms with Crippen LogP contribution in [0.2, 0.25) is 0 Å². The number of hydrogen-bond acceptors (Lipinski definition) is 3. The number of para-hydroxylation sites is 1. The van der Waals surface area contributed by atoms with Crippen LogP contribution in [0, 0.1) is 0 Å². The van der Waals surface area contributed by atoms with Gasteiger partial charge in [-0.1, -0.05) is 24.3 Å². The maximum atomic E-state index is 12.4. The Balaban J connectivity index is 1.97. The number of carbonyl (C=O) groups excluding carboxylic acids is 1. The Kier molecular flexibility index (Phi) is 5.81. The third-order valence-electron chi connectivity index (χ3n) is 3.53. The SMILES string of the molecule is CN(C)CCOc1ccccc1C(=O)N[C@H]1CC=CCC1. The monoisotopic (exact) mass is 288 g/mol. The van der Waals surface area contributed by atoms with Crippen molar-refractivity contribution in [2.75, 3.05) is 27.2 Å². The van der Waals surface area contributed by atoms with Gasteiger partial charge in [0.1, 0.15) is 12.4 Å². The molecule has 0 bridgehead atoms. The van der Waals surface area contributed by atoms with E-state index in [0.29, 0.717) is 17.9 Å². The molecule has 0 spiro atoms. The van der Waals surface area contributed by atoms with Crippen molar-refractivity contribution in [1.82, 2.24) is 10.2 Å². The molecule has 1 amide bonds. The highest BCUT2D eigenvalue weighted by molar-refractivity contribution is 5.97. The third kappa shape index (κ3) is 4.90. The number of benzene rings is 1. The molecule has 1 aliphatic rings. The molecule has 0 radical (unpaired) electrons. The minimum absolute atomic E-state index is 0.0456. The summed E-state index contributed by atoms with van der Waals surface area (Å²) in [6.45, 7) is 1.40. The van der Waals surface area contributed by atoms with Crippen molar-refractivity contribution < 1.29 is 9.53 Å². The van der Waals surface area contributed by atoms with Crippen LogP contribution in [-0.2, 0) is 0 Å². The molecule has 0 aliphatic heterocycles. The zero-order valence-electron chi connectivity index (χ0n) is 12.8. The Morgan fingerprint density at radius 1 is 1.33 bits per heavy atom. The topological polar surface area (TPSA) is 41.6 Å². The van der Waals surface area contributed by atoms with Crippen LogP contribution >= 0.6 is 0 Å². The average molecular weight is 288 g/mol. The molecule has 1 atom stereocenters. The molecular weight excluding hydrogens is 264 g/mol. The summed E-state index contributed by atoms with van der Waals surface area (Å²) in [5.41, 5.74) is 0.616. The molecule has 2 rings (SSSR count). The van der Waals surface area contributed by atoms with E-state index in [2.05, 4.69) is 22.4 Å². The standard InChI is InChI=1S/C17H24N2O2/c1-19(2)12-13-21-16-11-7-6-10-15(16)17(20)18-14-8-4-3-5-9-14/h3-4,6-7,10-11,14H,5,8-9,12-13H2,1-2H3,(H,18,20)/t14-/m0/s1. The summed E-state index contributed by atoms with van der Waals surface area (Å²) < 4.78 is 5.74. The molecule has 21 heavy (non-hydrogen) atoms. The first-order valence-electron chi connectivity index (χ1n) is 7.49. The number of rotatable bonds is 6. The van der Waals surface area contributed by atoms with Gasteiger partial charge in [-0.05, 0) is 45.5 Å². The number of nitrogens with one attached hydrogen (secondary N) is 1. The Hall–Kier alpha value is -1.81. The summed E-state index contributed by atoms with van der Waals surface area (Å²) in [7, 11) is 4.00. The highest BCUT2D eigenvalue weighted by Gasteiger charge is 2.17. The lowest BCUT2D eigenvalue weighted by Gasteiger charge is -2.20. The molecule has 0 heterocycles. The molecule has 0 saturated heterocycles. The van der Waals surface area contributed by atoms with Crippen molar-refractivity contribution in [2.45, 2.75) is 25.3 Å². The van der Waals surface area contributed by atoms with Crippen molar-refractivity contribution in [1.29, 1.82) is 0 Å². The van der Waals surface area contributed by atoms with Crippen LogP contribution in [0.15, 0.2) is 36.4 Å². The largest absolute Gasteiger partial charge is 0.491 e. The lowest BCUT2D eigenvalue weighted by Crippen LogP contribution is -2.35. The highest BCUT2D eigenvalue weighted by Crippen LogP contribution is 2.19. The molecule has 4 nitrogen and oxygen atoms in total. The molecule has 4 heteroatoms. The molecule has 0 unspecified atom stereocenters. The van der Waals surface area contributed by atoms with E-state index in [-0.39, 0.29) is 11.9 Å². The summed E-state index contributed by atoms with van der Waals surface area (Å²) in [5, 5.41) is 3.09. The average Bonchev–Trinajstić information content (AvgIpc) is 2.48. The third-order valence-corrected chi connectivity index (χ3v) is 3.53. The first-order valence-corrected chi connectivity index (χ1v) is 7.49. The van der Waals surface area contributed by atoms with Gasteiger partial charge in [0.15, 0.2) is 0 Å². The number of likely N-dealkylation sites (N-methyl/N-ethyl adjacent to an activating group) is 1. The minimum atomic E-state index is -0.0456. The lowest BCUT2D eigenvalue weighted by atomic mass is 10.0. The van der Waals surface area contributed by atoms with Crippen LogP contribution in [0.1, 0.15) is 29.6 Å². The molecule has 1 aromatic rings. The van der Waals surface area contributed by atoms with E-state index in [9.17, 15) is 4.79 Å². The van der Waals surface area contributed by atoms with Gasteiger partial charge >= 0.3 is 0 Å². The molecule has 0 fully saturated rings. The van der Waals surface area contributed by atoms with Crippen molar-refractivity contribution >= 4 is 5.91 Å². The first kappa shape index (κ1) is 15.6. The van der Waals surface area contributed by atoms with Gasteiger partial charge in [-0.25, -0.2) is 0 Å². The molecule has 1 N–H and O–H groups in total. The Bertz CT molecular complexity index is 497. The van der Waals surface area contributed by atoms with Crippen LogP contribution in [0.5, 0.6) is 5.75 Å². The second-order valence-corrected chi connectivity index (χ2v) is 5.60. The molecular formula is C17H24N2O2. The van der Waals surface area contributed by atoms with Crippen LogP contribution in [0.3, 0.4) is 0 Å². The Labute approximate surface area is 126 Å². The van der Waals surface area contributed by atoms with Gasteiger partial charge in [0, 0.05) is 12.6 Å². The summed E-state index contributed by atoms with van der Waals surface area (Å²) in [6, 6.07) is 7.67. The van der Waals surface area contributed by atoms with E-state index < -0.39 is 0 Å². The summed E-state index contributed by atoms with van der Waals surface area (Å²) in [5.74, 6) is 0.610. The van der Waals surface area contributed by atoms with E-state index in [1.807, 2.05) is 38.4 Å². The summed E-state index contributed by atoms with van der Waals surface area (Å²) in [6.07, 6.45) is 7.25. The maximum Gasteiger partial charge on any atom is 0.255 e. The second-order valence-electron chi connectivity index (χ2n) is 5.60. The number of ether oxygens (including phenoxy) is 1. The Morgan fingerprint density at radius 3 is 2.86 bits per heavy atom. The predicted molar refractivity (Wildman–Crippen MR) is 84.7 cm³/mol. The van der Waals surface area contributed by atoms with Crippen LogP contribution in [0.4, 0.5) is 0 Å². The van der Waals surface area contributed by atoms with Gasteiger partial charge in [0.25, 0.3) is 5.91 Å². The van der Waals surface area contributed by atoms with Gasteiger partial charge in [0.05, 0.1) is 5.56 Å². The fourth-order valence-electron chi connectivity index (χ4n) is 2.31. The number of allylic oxidation sites excluding steroid dienone is 1. The zero-order chi connectivity index (χ0) is 15.1. The predicted octanol–water partition coefficient (Wildman–Crippen LogP) is 2.47. The van der Waals surface area contributed by atoms with Crippen LogP contribution in [-0.4, -0.2) is 44.1 Å². The summed E-state index contributed by atoms with van der Waals surface area (Å²) >= 11 is 0. The van der Waals surface area contributed by atoms with E-state index in [1.165, 1.54) is 0 Å². The Morgan fingerprint density at radius 2 is 2.14 bits per heavy atom. The smallest absolute Gasteiger partial charge is 0.255 e. The van der Waals surface area contributed by atoms with Gasteiger partial charge in [-0.15, -0.1) is 0 Å². The first-order chi connectivity index (χ1) is 10.2. The quantitative estimate of drug-likeness (QED) is 0.818.